The highest BCUT2D eigenvalue weighted by atomic mass is 35.5. The fraction of sp³-hybridized carbons (Fsp3) is 0.269. The molecule has 1 atom stereocenters. The van der Waals surface area contributed by atoms with E-state index in [1.165, 1.54) is 41.7 Å². The van der Waals surface area contributed by atoms with Gasteiger partial charge in [0.1, 0.15) is 23.4 Å². The van der Waals surface area contributed by atoms with Crippen LogP contribution in [0.5, 0.6) is 5.88 Å². The standard InChI is InChI=1S/C26H24ClFN2O5S/c1-16-5-3-6-20(11-16)36(33,34)30-15-19(10-9-17(2)31)35-26-23(30)12-18(14-29-26)13-24(32)25-21(27)7-4-8-22(25)28/h3-8,11-12,14,19H,9-10,13,15H2,1-2H3/t19-/m0/s1. The highest BCUT2D eigenvalue weighted by Gasteiger charge is 2.36. The zero-order valence-corrected chi connectivity index (χ0v) is 21.3. The number of Topliss-reactive ketones (excluding diaryl/α,β-unsaturated/α-hetero) is 2. The first-order valence-electron chi connectivity index (χ1n) is 11.3. The molecule has 0 aliphatic carbocycles. The van der Waals surface area contributed by atoms with Crippen molar-refractivity contribution in [3.63, 3.8) is 0 Å². The molecule has 0 radical (unpaired) electrons. The Labute approximate surface area is 213 Å². The van der Waals surface area contributed by atoms with E-state index in [4.69, 9.17) is 16.3 Å². The number of hydrogen-bond donors (Lipinski definition) is 0. The van der Waals surface area contributed by atoms with E-state index < -0.39 is 27.7 Å². The van der Waals surface area contributed by atoms with Crippen LogP contribution in [0.4, 0.5) is 10.1 Å². The molecule has 0 saturated carbocycles. The van der Waals surface area contributed by atoms with Gasteiger partial charge in [-0.15, -0.1) is 0 Å². The van der Waals surface area contributed by atoms with Gasteiger partial charge in [0, 0.05) is 19.0 Å². The fourth-order valence-corrected chi connectivity index (χ4v) is 5.87. The molecular formula is C26H24ClFN2O5S. The molecule has 0 unspecified atom stereocenters. The maximum atomic E-state index is 14.2. The van der Waals surface area contributed by atoms with Gasteiger partial charge in [0.25, 0.3) is 10.0 Å². The third kappa shape index (κ3) is 5.42. The van der Waals surface area contributed by atoms with E-state index in [-0.39, 0.29) is 52.2 Å². The second-order valence-electron chi connectivity index (χ2n) is 8.70. The fourth-order valence-electron chi connectivity index (χ4n) is 4.01. The van der Waals surface area contributed by atoms with Crippen LogP contribution in [0, 0.1) is 12.7 Å². The van der Waals surface area contributed by atoms with Crippen LogP contribution in [-0.2, 0) is 21.2 Å². The van der Waals surface area contributed by atoms with Crippen molar-refractivity contribution < 1.29 is 27.1 Å². The summed E-state index contributed by atoms with van der Waals surface area (Å²) in [6, 6.07) is 12.0. The minimum absolute atomic E-state index is 0.00813. The molecule has 0 bridgehead atoms. The van der Waals surface area contributed by atoms with E-state index >= 15 is 0 Å². The maximum absolute atomic E-state index is 14.2. The Bertz CT molecular complexity index is 1420. The molecule has 2 aromatic carbocycles. The number of ketones is 2. The Morgan fingerprint density at radius 1 is 1.19 bits per heavy atom. The Kier molecular flexibility index (Phi) is 7.42. The summed E-state index contributed by atoms with van der Waals surface area (Å²) in [5, 5.41) is -0.00813. The van der Waals surface area contributed by atoms with Crippen molar-refractivity contribution in [1.82, 2.24) is 4.98 Å². The van der Waals surface area contributed by atoms with Crippen LogP contribution in [0.15, 0.2) is 59.6 Å². The largest absolute Gasteiger partial charge is 0.471 e. The lowest BCUT2D eigenvalue weighted by molar-refractivity contribution is -0.117. The number of hydrogen-bond acceptors (Lipinski definition) is 6. The Morgan fingerprint density at radius 3 is 2.64 bits per heavy atom. The number of aromatic nitrogens is 1. The van der Waals surface area contributed by atoms with E-state index in [0.717, 1.165) is 11.6 Å². The number of fused-ring (bicyclic) bond motifs is 1. The molecule has 188 valence electrons. The van der Waals surface area contributed by atoms with Crippen molar-refractivity contribution in [2.24, 2.45) is 0 Å². The molecule has 4 rings (SSSR count). The quantitative estimate of drug-likeness (QED) is 0.383. The number of carbonyl (C=O) groups is 2. The number of halogens is 2. The molecule has 1 aromatic heterocycles. The van der Waals surface area contributed by atoms with Crippen molar-refractivity contribution >= 4 is 38.9 Å². The summed E-state index contributed by atoms with van der Waals surface area (Å²) in [7, 11) is -4.02. The molecule has 0 fully saturated rings. The van der Waals surface area contributed by atoms with E-state index in [1.54, 1.807) is 25.1 Å². The first-order valence-corrected chi connectivity index (χ1v) is 13.1. The smallest absolute Gasteiger partial charge is 0.264 e. The molecular weight excluding hydrogens is 507 g/mol. The van der Waals surface area contributed by atoms with Crippen LogP contribution < -0.4 is 9.04 Å². The van der Waals surface area contributed by atoms with Gasteiger partial charge in [0.15, 0.2) is 5.78 Å². The van der Waals surface area contributed by atoms with Gasteiger partial charge in [-0.1, -0.05) is 29.8 Å². The average molecular weight is 531 g/mol. The zero-order valence-electron chi connectivity index (χ0n) is 19.7. The van der Waals surface area contributed by atoms with Gasteiger partial charge in [-0.25, -0.2) is 17.8 Å². The zero-order chi connectivity index (χ0) is 26.0. The highest BCUT2D eigenvalue weighted by Crippen LogP contribution is 2.37. The van der Waals surface area contributed by atoms with Crippen LogP contribution >= 0.6 is 11.6 Å². The van der Waals surface area contributed by atoms with Crippen molar-refractivity contribution in [1.29, 1.82) is 0 Å². The Morgan fingerprint density at radius 2 is 1.94 bits per heavy atom. The molecule has 10 heteroatoms. The molecule has 3 aromatic rings. The van der Waals surface area contributed by atoms with Crippen LogP contribution in [0.3, 0.4) is 0 Å². The number of nitrogens with zero attached hydrogens (tertiary/aromatic N) is 2. The van der Waals surface area contributed by atoms with E-state index in [1.807, 2.05) is 0 Å². The number of ether oxygens (including phenoxy) is 1. The average Bonchev–Trinajstić information content (AvgIpc) is 2.82. The lowest BCUT2D eigenvalue weighted by atomic mass is 10.0. The molecule has 0 saturated heterocycles. The normalized spacial score (nSPS) is 15.2. The predicted octanol–water partition coefficient (Wildman–Crippen LogP) is 4.93. The van der Waals surface area contributed by atoms with Crippen LogP contribution in [0.25, 0.3) is 0 Å². The number of sulfonamides is 1. The van der Waals surface area contributed by atoms with Crippen LogP contribution in [-0.4, -0.2) is 37.6 Å². The van der Waals surface area contributed by atoms with Gasteiger partial charge in [-0.2, -0.15) is 0 Å². The van der Waals surface area contributed by atoms with Gasteiger partial charge < -0.3 is 9.53 Å². The summed E-state index contributed by atoms with van der Waals surface area (Å²) in [6.45, 7) is 3.22. The van der Waals surface area contributed by atoms with Gasteiger partial charge in [0.2, 0.25) is 5.88 Å². The SMILES string of the molecule is CC(=O)CC[C@H]1CN(S(=O)(=O)c2cccc(C)c2)c2cc(CC(=O)c3c(F)cccc3Cl)cnc2O1. The molecule has 0 N–H and O–H groups in total. The second kappa shape index (κ2) is 10.4. The number of anilines is 1. The summed E-state index contributed by atoms with van der Waals surface area (Å²) in [5.41, 5.74) is 1.08. The van der Waals surface area contributed by atoms with Gasteiger partial charge in [-0.3, -0.25) is 9.10 Å². The molecule has 1 aliphatic rings. The molecule has 1 aliphatic heterocycles. The molecule has 7 nitrogen and oxygen atoms in total. The number of carbonyl (C=O) groups excluding carboxylic acids is 2. The number of benzene rings is 2. The first kappa shape index (κ1) is 25.8. The highest BCUT2D eigenvalue weighted by molar-refractivity contribution is 7.92. The summed E-state index contributed by atoms with van der Waals surface area (Å²) in [5.74, 6) is -1.26. The van der Waals surface area contributed by atoms with Gasteiger partial charge in [-0.05, 0) is 61.7 Å². The third-order valence-corrected chi connectivity index (χ3v) is 7.90. The summed E-state index contributed by atoms with van der Waals surface area (Å²) >= 11 is 6.03. The third-order valence-electron chi connectivity index (χ3n) is 5.81. The predicted molar refractivity (Wildman–Crippen MR) is 134 cm³/mol. The molecule has 0 spiro atoms. The molecule has 36 heavy (non-hydrogen) atoms. The van der Waals surface area contributed by atoms with Crippen molar-refractivity contribution in [3.8, 4) is 5.88 Å². The number of pyridine rings is 1. The minimum atomic E-state index is -4.02. The Balaban J connectivity index is 1.72. The first-order chi connectivity index (χ1) is 17.1. The van der Waals surface area contributed by atoms with Crippen LogP contribution in [0.1, 0.15) is 41.3 Å². The lowest BCUT2D eigenvalue weighted by Gasteiger charge is -2.35. The van der Waals surface area contributed by atoms with Crippen molar-refractivity contribution in [2.75, 3.05) is 10.8 Å². The molecule has 0 amide bonds. The maximum Gasteiger partial charge on any atom is 0.264 e. The summed E-state index contributed by atoms with van der Waals surface area (Å²) in [6.07, 6.45) is 1.11. The van der Waals surface area contributed by atoms with E-state index in [9.17, 15) is 22.4 Å². The van der Waals surface area contributed by atoms with Crippen LogP contribution in [0.2, 0.25) is 5.02 Å². The number of rotatable bonds is 8. The Hall–Kier alpha value is -3.30. The van der Waals surface area contributed by atoms with Gasteiger partial charge >= 0.3 is 0 Å². The minimum Gasteiger partial charge on any atom is -0.471 e. The van der Waals surface area contributed by atoms with Crippen molar-refractivity contribution in [2.45, 2.75) is 44.1 Å². The lowest BCUT2D eigenvalue weighted by Crippen LogP contribution is -2.44. The second-order valence-corrected chi connectivity index (χ2v) is 11.0. The summed E-state index contributed by atoms with van der Waals surface area (Å²) in [4.78, 5) is 28.7. The monoisotopic (exact) mass is 530 g/mol. The van der Waals surface area contributed by atoms with E-state index in [0.29, 0.717) is 12.0 Å². The van der Waals surface area contributed by atoms with Crippen molar-refractivity contribution in [3.05, 3.63) is 82.3 Å². The van der Waals surface area contributed by atoms with Gasteiger partial charge in [0.05, 0.1) is 22.0 Å². The number of aryl methyl sites for hydroxylation is 1. The summed E-state index contributed by atoms with van der Waals surface area (Å²) < 4.78 is 48.7. The van der Waals surface area contributed by atoms with E-state index in [2.05, 4.69) is 4.98 Å². The topological polar surface area (TPSA) is 93.6 Å². The molecule has 2 heterocycles.